The summed E-state index contributed by atoms with van der Waals surface area (Å²) in [5, 5.41) is 5.84. The van der Waals surface area contributed by atoms with Crippen LogP contribution in [0.4, 0.5) is 24.5 Å². The van der Waals surface area contributed by atoms with E-state index in [0.29, 0.717) is 11.4 Å². The van der Waals surface area contributed by atoms with Gasteiger partial charge < -0.3 is 15.4 Å². The van der Waals surface area contributed by atoms with Crippen LogP contribution >= 0.6 is 12.2 Å². The van der Waals surface area contributed by atoms with Crippen molar-refractivity contribution in [2.45, 2.75) is 13.1 Å². The number of aryl methyl sites for hydroxylation is 1. The van der Waals surface area contributed by atoms with Crippen molar-refractivity contribution in [1.29, 1.82) is 0 Å². The molecule has 0 radical (unpaired) electrons. The molecule has 0 aliphatic heterocycles. The lowest BCUT2D eigenvalue weighted by molar-refractivity contribution is -0.137. The van der Waals surface area contributed by atoms with Crippen LogP contribution in [0.5, 0.6) is 5.75 Å². The zero-order chi connectivity index (χ0) is 17.0. The highest BCUT2D eigenvalue weighted by Crippen LogP contribution is 2.31. The number of rotatable bonds is 3. The van der Waals surface area contributed by atoms with Crippen LogP contribution in [0.15, 0.2) is 42.5 Å². The van der Waals surface area contributed by atoms with Gasteiger partial charge in [0.25, 0.3) is 0 Å². The van der Waals surface area contributed by atoms with E-state index in [1.54, 1.807) is 6.07 Å². The SMILES string of the molecule is COc1ccc(C)cc1NC(=S)Nc1cccc(C(F)(F)F)c1. The van der Waals surface area contributed by atoms with Crippen molar-refractivity contribution >= 4 is 28.7 Å². The van der Waals surface area contributed by atoms with E-state index in [1.165, 1.54) is 19.2 Å². The molecule has 7 heteroatoms. The molecule has 0 saturated carbocycles. The van der Waals surface area contributed by atoms with E-state index < -0.39 is 11.7 Å². The van der Waals surface area contributed by atoms with Crippen molar-refractivity contribution < 1.29 is 17.9 Å². The van der Waals surface area contributed by atoms with E-state index in [1.807, 2.05) is 19.1 Å². The molecule has 0 unspecified atom stereocenters. The first-order chi connectivity index (χ1) is 10.8. The Balaban J connectivity index is 2.13. The van der Waals surface area contributed by atoms with Crippen LogP contribution in [0.2, 0.25) is 0 Å². The smallest absolute Gasteiger partial charge is 0.416 e. The maximum atomic E-state index is 12.7. The molecule has 2 aromatic rings. The summed E-state index contributed by atoms with van der Waals surface area (Å²) in [4.78, 5) is 0. The predicted octanol–water partition coefficient (Wildman–Crippen LogP) is 4.83. The van der Waals surface area contributed by atoms with Gasteiger partial charge in [0.2, 0.25) is 0 Å². The maximum Gasteiger partial charge on any atom is 0.416 e. The molecule has 0 bridgehead atoms. The molecule has 2 N–H and O–H groups in total. The summed E-state index contributed by atoms with van der Waals surface area (Å²) in [6.45, 7) is 1.91. The zero-order valence-electron chi connectivity index (χ0n) is 12.5. The largest absolute Gasteiger partial charge is 0.495 e. The van der Waals surface area contributed by atoms with Crippen LogP contribution < -0.4 is 15.4 Å². The highest BCUT2D eigenvalue weighted by Gasteiger charge is 2.30. The van der Waals surface area contributed by atoms with Gasteiger partial charge in [-0.25, -0.2) is 0 Å². The standard InChI is InChI=1S/C16H15F3N2OS/c1-10-6-7-14(22-2)13(8-10)21-15(23)20-12-5-3-4-11(9-12)16(17,18)19/h3-9H,1-2H3,(H2,20,21,23). The van der Waals surface area contributed by atoms with Crippen molar-refractivity contribution in [3.63, 3.8) is 0 Å². The topological polar surface area (TPSA) is 33.3 Å². The minimum Gasteiger partial charge on any atom is -0.495 e. The van der Waals surface area contributed by atoms with Gasteiger partial charge in [-0.05, 0) is 55.0 Å². The molecule has 0 atom stereocenters. The van der Waals surface area contributed by atoms with E-state index in [2.05, 4.69) is 10.6 Å². The molecule has 2 aromatic carbocycles. The van der Waals surface area contributed by atoms with Gasteiger partial charge >= 0.3 is 6.18 Å². The number of alkyl halides is 3. The summed E-state index contributed by atoms with van der Waals surface area (Å²) < 4.78 is 43.3. The number of thiocarbonyl (C=S) groups is 1. The number of nitrogens with one attached hydrogen (secondary N) is 2. The number of hydrogen-bond acceptors (Lipinski definition) is 2. The fourth-order valence-electron chi connectivity index (χ4n) is 1.98. The number of halogens is 3. The summed E-state index contributed by atoms with van der Waals surface area (Å²) in [5.41, 5.74) is 1.15. The highest BCUT2D eigenvalue weighted by atomic mass is 32.1. The number of hydrogen-bond donors (Lipinski definition) is 2. The molecule has 0 amide bonds. The minimum absolute atomic E-state index is 0.174. The molecule has 3 nitrogen and oxygen atoms in total. The van der Waals surface area contributed by atoms with Crippen molar-refractivity contribution in [3.8, 4) is 5.75 Å². The Morgan fingerprint density at radius 1 is 1.09 bits per heavy atom. The van der Waals surface area contributed by atoms with Gasteiger partial charge in [-0.15, -0.1) is 0 Å². The van der Waals surface area contributed by atoms with Crippen molar-refractivity contribution in [1.82, 2.24) is 0 Å². The van der Waals surface area contributed by atoms with Crippen LogP contribution in [0, 0.1) is 6.92 Å². The monoisotopic (exact) mass is 340 g/mol. The summed E-state index contributed by atoms with van der Waals surface area (Å²) in [6.07, 6.45) is -4.40. The Hall–Kier alpha value is -2.28. The van der Waals surface area contributed by atoms with Crippen molar-refractivity contribution in [3.05, 3.63) is 53.6 Å². The molecule has 122 valence electrons. The van der Waals surface area contributed by atoms with Gasteiger partial charge in [-0.3, -0.25) is 0 Å². The fourth-order valence-corrected chi connectivity index (χ4v) is 2.21. The molecule has 0 saturated heterocycles. The summed E-state index contributed by atoms with van der Waals surface area (Å²) >= 11 is 5.15. The molecule has 2 rings (SSSR count). The lowest BCUT2D eigenvalue weighted by Gasteiger charge is -2.15. The zero-order valence-corrected chi connectivity index (χ0v) is 13.3. The summed E-state index contributed by atoms with van der Waals surface area (Å²) in [7, 11) is 1.53. The van der Waals surface area contributed by atoms with Gasteiger partial charge in [0, 0.05) is 5.69 Å². The molecular weight excluding hydrogens is 325 g/mol. The van der Waals surface area contributed by atoms with E-state index in [-0.39, 0.29) is 10.8 Å². The number of ether oxygens (including phenoxy) is 1. The highest BCUT2D eigenvalue weighted by molar-refractivity contribution is 7.80. The van der Waals surface area contributed by atoms with Crippen LogP contribution in [0.1, 0.15) is 11.1 Å². The third kappa shape index (κ3) is 4.59. The normalized spacial score (nSPS) is 11.0. The second-order valence-electron chi connectivity index (χ2n) is 4.86. The lowest BCUT2D eigenvalue weighted by atomic mass is 10.2. The Bertz CT molecular complexity index is 717. The molecule has 0 heterocycles. The second-order valence-corrected chi connectivity index (χ2v) is 5.27. The van der Waals surface area contributed by atoms with Gasteiger partial charge in [-0.2, -0.15) is 13.2 Å². The first-order valence-electron chi connectivity index (χ1n) is 6.69. The van der Waals surface area contributed by atoms with E-state index >= 15 is 0 Å². The Kier molecular flexibility index (Phi) is 5.10. The van der Waals surface area contributed by atoms with Gasteiger partial charge in [0.15, 0.2) is 5.11 Å². The second kappa shape index (κ2) is 6.87. The molecule has 0 fully saturated rings. The quantitative estimate of drug-likeness (QED) is 0.784. The fraction of sp³-hybridized carbons (Fsp3) is 0.188. The predicted molar refractivity (Wildman–Crippen MR) is 89.0 cm³/mol. The van der Waals surface area contributed by atoms with Crippen LogP contribution in [0.25, 0.3) is 0 Å². The lowest BCUT2D eigenvalue weighted by Crippen LogP contribution is -2.20. The maximum absolute atomic E-state index is 12.7. The first kappa shape index (κ1) is 17.1. The number of methoxy groups -OCH3 is 1. The molecule has 0 aliphatic carbocycles. The Morgan fingerprint density at radius 2 is 1.83 bits per heavy atom. The van der Waals surface area contributed by atoms with Crippen LogP contribution in [-0.2, 0) is 6.18 Å². The first-order valence-corrected chi connectivity index (χ1v) is 7.10. The molecular formula is C16H15F3N2OS. The summed E-state index contributed by atoms with van der Waals surface area (Å²) in [6, 6.07) is 10.3. The molecule has 23 heavy (non-hydrogen) atoms. The van der Waals surface area contributed by atoms with Crippen LogP contribution in [-0.4, -0.2) is 12.2 Å². The van der Waals surface area contributed by atoms with Crippen molar-refractivity contribution in [2.24, 2.45) is 0 Å². The van der Waals surface area contributed by atoms with Crippen molar-refractivity contribution in [2.75, 3.05) is 17.7 Å². The van der Waals surface area contributed by atoms with Gasteiger partial charge in [-0.1, -0.05) is 12.1 Å². The van der Waals surface area contributed by atoms with E-state index in [4.69, 9.17) is 17.0 Å². The Labute approximate surface area is 137 Å². The third-order valence-electron chi connectivity index (χ3n) is 3.05. The molecule has 0 aliphatic rings. The minimum atomic E-state index is -4.40. The molecule has 0 aromatic heterocycles. The van der Waals surface area contributed by atoms with Gasteiger partial charge in [0.05, 0.1) is 18.4 Å². The van der Waals surface area contributed by atoms with E-state index in [9.17, 15) is 13.2 Å². The van der Waals surface area contributed by atoms with E-state index in [0.717, 1.165) is 17.7 Å². The average molecular weight is 340 g/mol. The number of benzene rings is 2. The van der Waals surface area contributed by atoms with Crippen LogP contribution in [0.3, 0.4) is 0 Å². The third-order valence-corrected chi connectivity index (χ3v) is 3.26. The van der Waals surface area contributed by atoms with Gasteiger partial charge in [0.1, 0.15) is 5.75 Å². The molecule has 0 spiro atoms. The Morgan fingerprint density at radius 3 is 2.48 bits per heavy atom. The average Bonchev–Trinajstić information content (AvgIpc) is 2.46. The summed E-state index contributed by atoms with van der Waals surface area (Å²) in [5.74, 6) is 0.587. The number of anilines is 2.